The van der Waals surface area contributed by atoms with Crippen LogP contribution in [0, 0.1) is 6.92 Å². The molecular formula is C14H13ClN2O2. The smallest absolute Gasteiger partial charge is 0.263 e. The second kappa shape index (κ2) is 5.28. The molecule has 0 fully saturated rings. The molecular weight excluding hydrogens is 264 g/mol. The summed E-state index contributed by atoms with van der Waals surface area (Å²) in [6.45, 7) is 1.86. The number of amides is 1. The number of carbonyl (C=O) groups excluding carboxylic acids is 1. The minimum Gasteiger partial charge on any atom is -0.322 e. The molecule has 0 unspecified atom stereocenters. The van der Waals surface area contributed by atoms with Gasteiger partial charge in [-0.25, -0.2) is 0 Å². The van der Waals surface area contributed by atoms with E-state index >= 15 is 0 Å². The molecule has 0 aliphatic heterocycles. The summed E-state index contributed by atoms with van der Waals surface area (Å²) in [6, 6.07) is 8.36. The van der Waals surface area contributed by atoms with Gasteiger partial charge in [-0.05, 0) is 36.8 Å². The number of pyridine rings is 1. The molecule has 0 aliphatic rings. The predicted molar refractivity (Wildman–Crippen MR) is 75.8 cm³/mol. The molecule has 2 rings (SSSR count). The zero-order valence-corrected chi connectivity index (χ0v) is 11.4. The van der Waals surface area contributed by atoms with Crippen LogP contribution in [0.4, 0.5) is 5.69 Å². The Morgan fingerprint density at radius 2 is 2.05 bits per heavy atom. The summed E-state index contributed by atoms with van der Waals surface area (Å²) in [4.78, 5) is 23.9. The fourth-order valence-corrected chi connectivity index (χ4v) is 1.86. The van der Waals surface area contributed by atoms with Crippen LogP contribution in [0.3, 0.4) is 0 Å². The van der Waals surface area contributed by atoms with Gasteiger partial charge in [0.1, 0.15) is 5.56 Å². The van der Waals surface area contributed by atoms with Gasteiger partial charge in [-0.2, -0.15) is 0 Å². The van der Waals surface area contributed by atoms with Crippen molar-refractivity contribution in [2.45, 2.75) is 6.92 Å². The lowest BCUT2D eigenvalue weighted by Gasteiger charge is -2.09. The van der Waals surface area contributed by atoms with E-state index in [1.54, 1.807) is 37.5 Å². The average molecular weight is 277 g/mol. The third kappa shape index (κ3) is 2.85. The molecule has 0 bridgehead atoms. The Balaban J connectivity index is 2.34. The fraction of sp³-hybridized carbons (Fsp3) is 0.143. The SMILES string of the molecule is Cc1ccc(Cl)cc1NC(=O)c1cccn(C)c1=O. The molecule has 0 spiro atoms. The highest BCUT2D eigenvalue weighted by Gasteiger charge is 2.12. The molecule has 5 heteroatoms. The second-order valence-corrected chi connectivity index (χ2v) is 4.69. The van der Waals surface area contributed by atoms with Crippen LogP contribution < -0.4 is 10.9 Å². The Morgan fingerprint density at radius 1 is 1.32 bits per heavy atom. The molecule has 98 valence electrons. The van der Waals surface area contributed by atoms with Crippen molar-refractivity contribution in [1.82, 2.24) is 4.57 Å². The minimum absolute atomic E-state index is 0.101. The van der Waals surface area contributed by atoms with Gasteiger partial charge in [0.05, 0.1) is 0 Å². The first-order chi connectivity index (χ1) is 8.99. The fourth-order valence-electron chi connectivity index (χ4n) is 1.69. The predicted octanol–water partition coefficient (Wildman–Crippen LogP) is 2.60. The highest BCUT2D eigenvalue weighted by Crippen LogP contribution is 2.20. The summed E-state index contributed by atoms with van der Waals surface area (Å²) in [5.74, 6) is -0.438. The van der Waals surface area contributed by atoms with Crippen molar-refractivity contribution in [3.8, 4) is 0 Å². The Bertz CT molecular complexity index is 692. The van der Waals surface area contributed by atoms with Crippen molar-refractivity contribution >= 4 is 23.2 Å². The van der Waals surface area contributed by atoms with Gasteiger partial charge in [-0.3, -0.25) is 9.59 Å². The van der Waals surface area contributed by atoms with E-state index in [9.17, 15) is 9.59 Å². The highest BCUT2D eigenvalue weighted by atomic mass is 35.5. The normalized spacial score (nSPS) is 10.3. The summed E-state index contributed by atoms with van der Waals surface area (Å²) in [7, 11) is 1.60. The van der Waals surface area contributed by atoms with Gasteiger partial charge in [-0.15, -0.1) is 0 Å². The van der Waals surface area contributed by atoms with Crippen molar-refractivity contribution in [3.05, 3.63) is 63.0 Å². The zero-order valence-electron chi connectivity index (χ0n) is 10.6. The molecule has 1 heterocycles. The molecule has 1 aromatic heterocycles. The Hall–Kier alpha value is -2.07. The van der Waals surface area contributed by atoms with Crippen LogP contribution in [-0.2, 0) is 7.05 Å². The molecule has 19 heavy (non-hydrogen) atoms. The van der Waals surface area contributed by atoms with E-state index < -0.39 is 5.91 Å². The van der Waals surface area contributed by atoms with E-state index in [0.717, 1.165) is 5.56 Å². The van der Waals surface area contributed by atoms with Crippen molar-refractivity contribution in [1.29, 1.82) is 0 Å². The van der Waals surface area contributed by atoms with E-state index in [1.807, 2.05) is 6.92 Å². The van der Waals surface area contributed by atoms with Gasteiger partial charge in [0, 0.05) is 24.0 Å². The van der Waals surface area contributed by atoms with Gasteiger partial charge in [-0.1, -0.05) is 17.7 Å². The molecule has 1 amide bonds. The number of hydrogen-bond acceptors (Lipinski definition) is 2. The molecule has 4 nitrogen and oxygen atoms in total. The van der Waals surface area contributed by atoms with Gasteiger partial charge in [0.15, 0.2) is 0 Å². The number of aryl methyl sites for hydroxylation is 2. The molecule has 1 aromatic carbocycles. The van der Waals surface area contributed by atoms with Gasteiger partial charge in [0.2, 0.25) is 0 Å². The number of nitrogens with zero attached hydrogens (tertiary/aromatic N) is 1. The molecule has 0 radical (unpaired) electrons. The summed E-state index contributed by atoms with van der Waals surface area (Å²) in [6.07, 6.45) is 1.60. The lowest BCUT2D eigenvalue weighted by atomic mass is 10.2. The Kier molecular flexibility index (Phi) is 3.71. The first-order valence-corrected chi connectivity index (χ1v) is 6.10. The molecule has 1 N–H and O–H groups in total. The Labute approximate surface area is 115 Å². The maximum Gasteiger partial charge on any atom is 0.263 e. The monoisotopic (exact) mass is 276 g/mol. The molecule has 0 atom stereocenters. The van der Waals surface area contributed by atoms with Crippen molar-refractivity contribution < 1.29 is 4.79 Å². The van der Waals surface area contributed by atoms with E-state index in [1.165, 1.54) is 10.6 Å². The lowest BCUT2D eigenvalue weighted by molar-refractivity contribution is 0.102. The number of hydrogen-bond donors (Lipinski definition) is 1. The molecule has 0 aliphatic carbocycles. The third-order valence-electron chi connectivity index (χ3n) is 2.82. The Morgan fingerprint density at radius 3 is 2.79 bits per heavy atom. The van der Waals surface area contributed by atoms with Crippen LogP contribution in [0.2, 0.25) is 5.02 Å². The van der Waals surface area contributed by atoms with E-state index in [-0.39, 0.29) is 11.1 Å². The third-order valence-corrected chi connectivity index (χ3v) is 3.05. The maximum atomic E-state index is 12.1. The van der Waals surface area contributed by atoms with E-state index in [4.69, 9.17) is 11.6 Å². The number of carbonyl (C=O) groups is 1. The minimum atomic E-state index is -0.438. The summed E-state index contributed by atoms with van der Waals surface area (Å²) in [5.41, 5.74) is 1.25. The van der Waals surface area contributed by atoms with Crippen molar-refractivity contribution in [2.75, 3.05) is 5.32 Å². The summed E-state index contributed by atoms with van der Waals surface area (Å²) < 4.78 is 1.36. The lowest BCUT2D eigenvalue weighted by Crippen LogP contribution is -2.27. The first-order valence-electron chi connectivity index (χ1n) is 5.72. The van der Waals surface area contributed by atoms with Gasteiger partial charge >= 0.3 is 0 Å². The molecule has 0 saturated carbocycles. The summed E-state index contributed by atoms with van der Waals surface area (Å²) in [5, 5.41) is 3.23. The average Bonchev–Trinajstić information content (AvgIpc) is 2.37. The zero-order chi connectivity index (χ0) is 14.0. The quantitative estimate of drug-likeness (QED) is 0.917. The standard InChI is InChI=1S/C14H13ClN2O2/c1-9-5-6-10(15)8-12(9)16-13(18)11-4-3-7-17(2)14(11)19/h3-8H,1-2H3,(H,16,18). The van der Waals surface area contributed by atoms with Crippen molar-refractivity contribution in [2.24, 2.45) is 7.05 Å². The number of halogens is 1. The number of rotatable bonds is 2. The number of nitrogens with one attached hydrogen (secondary N) is 1. The van der Waals surface area contributed by atoms with Crippen LogP contribution in [-0.4, -0.2) is 10.5 Å². The van der Waals surface area contributed by atoms with Crippen LogP contribution in [0.25, 0.3) is 0 Å². The van der Waals surface area contributed by atoms with Crippen molar-refractivity contribution in [3.63, 3.8) is 0 Å². The number of anilines is 1. The van der Waals surface area contributed by atoms with Gasteiger partial charge < -0.3 is 9.88 Å². The van der Waals surface area contributed by atoms with Gasteiger partial charge in [0.25, 0.3) is 11.5 Å². The van der Waals surface area contributed by atoms with E-state index in [2.05, 4.69) is 5.32 Å². The van der Waals surface area contributed by atoms with Crippen LogP contribution in [0.5, 0.6) is 0 Å². The van der Waals surface area contributed by atoms with E-state index in [0.29, 0.717) is 10.7 Å². The summed E-state index contributed by atoms with van der Waals surface area (Å²) >= 11 is 5.89. The maximum absolute atomic E-state index is 12.1. The molecule has 0 saturated heterocycles. The second-order valence-electron chi connectivity index (χ2n) is 4.25. The topological polar surface area (TPSA) is 51.1 Å². The van der Waals surface area contributed by atoms with Crippen LogP contribution >= 0.6 is 11.6 Å². The first kappa shape index (κ1) is 13.4. The molecule has 2 aromatic rings. The number of aromatic nitrogens is 1. The number of benzene rings is 1. The van der Waals surface area contributed by atoms with Crippen LogP contribution in [0.1, 0.15) is 15.9 Å². The largest absolute Gasteiger partial charge is 0.322 e. The van der Waals surface area contributed by atoms with Crippen LogP contribution in [0.15, 0.2) is 41.3 Å². The highest BCUT2D eigenvalue weighted by molar-refractivity contribution is 6.31.